The van der Waals surface area contributed by atoms with Crippen LogP contribution in [0, 0.1) is 11.6 Å². The van der Waals surface area contributed by atoms with Gasteiger partial charge in [-0.2, -0.15) is 0 Å². The van der Waals surface area contributed by atoms with Gasteiger partial charge in [-0.05, 0) is 54.8 Å². The normalized spacial score (nSPS) is 16.9. The molecule has 0 radical (unpaired) electrons. The Balaban J connectivity index is 1.43. The smallest absolute Gasteiger partial charge is 0.253 e. The van der Waals surface area contributed by atoms with Crippen LogP contribution in [-0.4, -0.2) is 34.1 Å². The number of rotatable bonds is 4. The van der Waals surface area contributed by atoms with Crippen molar-refractivity contribution in [2.45, 2.75) is 25.2 Å². The van der Waals surface area contributed by atoms with E-state index in [1.165, 1.54) is 36.4 Å². The fraction of sp³-hybridized carbons (Fsp3) is 0.286. The summed E-state index contributed by atoms with van der Waals surface area (Å²) in [6.45, 7) is 1.12. The Labute approximate surface area is 161 Å². The number of benzene rings is 2. The van der Waals surface area contributed by atoms with Gasteiger partial charge in [0.05, 0.1) is 12.3 Å². The van der Waals surface area contributed by atoms with Crippen molar-refractivity contribution in [3.05, 3.63) is 83.1 Å². The molecule has 4 rings (SSSR count). The Hall–Kier alpha value is -3.09. The van der Waals surface area contributed by atoms with Crippen molar-refractivity contribution in [2.24, 2.45) is 0 Å². The minimum Gasteiger partial charge on any atom is -0.425 e. The summed E-state index contributed by atoms with van der Waals surface area (Å²) < 4.78 is 31.9. The molecule has 0 N–H and O–H groups in total. The third-order valence-corrected chi connectivity index (χ3v) is 4.90. The molecule has 1 aromatic heterocycles. The summed E-state index contributed by atoms with van der Waals surface area (Å²) >= 11 is 0. The van der Waals surface area contributed by atoms with Gasteiger partial charge in [0.25, 0.3) is 5.91 Å². The van der Waals surface area contributed by atoms with Gasteiger partial charge in [0, 0.05) is 18.7 Å². The van der Waals surface area contributed by atoms with Gasteiger partial charge in [-0.1, -0.05) is 12.1 Å². The maximum atomic E-state index is 13.1. The van der Waals surface area contributed by atoms with Gasteiger partial charge in [0.15, 0.2) is 0 Å². The molecular formula is C21H19F2N3O2. The third-order valence-electron chi connectivity index (χ3n) is 4.90. The molecule has 3 aromatic rings. The fourth-order valence-electron chi connectivity index (χ4n) is 3.42. The minimum atomic E-state index is -0.368. The van der Waals surface area contributed by atoms with Gasteiger partial charge < -0.3 is 9.32 Å². The van der Waals surface area contributed by atoms with Crippen LogP contribution in [0.5, 0.6) is 0 Å². The summed E-state index contributed by atoms with van der Waals surface area (Å²) in [7, 11) is 0. The number of halogens is 2. The number of carbonyl (C=O) groups is 1. The predicted octanol–water partition coefficient (Wildman–Crippen LogP) is 3.96. The van der Waals surface area contributed by atoms with Gasteiger partial charge in [-0.15, -0.1) is 10.2 Å². The average molecular weight is 383 g/mol. The molecule has 0 bridgehead atoms. The molecule has 1 amide bonds. The quantitative estimate of drug-likeness (QED) is 0.684. The summed E-state index contributed by atoms with van der Waals surface area (Å²) in [5, 5.41) is 8.24. The summed E-state index contributed by atoms with van der Waals surface area (Å²) in [6, 6.07) is 11.7. The zero-order valence-corrected chi connectivity index (χ0v) is 15.1. The Morgan fingerprint density at radius 3 is 2.43 bits per heavy atom. The van der Waals surface area contributed by atoms with Crippen LogP contribution in [0.3, 0.4) is 0 Å². The number of likely N-dealkylation sites (tertiary alicyclic amines) is 1. The highest BCUT2D eigenvalue weighted by molar-refractivity contribution is 5.94. The number of hydrogen-bond donors (Lipinski definition) is 0. The number of carbonyl (C=O) groups excluding carboxylic acids is 1. The van der Waals surface area contributed by atoms with Crippen LogP contribution in [0.4, 0.5) is 8.78 Å². The molecule has 28 heavy (non-hydrogen) atoms. The lowest BCUT2D eigenvalue weighted by atomic mass is 9.97. The first-order valence-electron chi connectivity index (χ1n) is 9.20. The molecular weight excluding hydrogens is 364 g/mol. The van der Waals surface area contributed by atoms with E-state index in [0.717, 1.165) is 18.4 Å². The predicted molar refractivity (Wildman–Crippen MR) is 97.8 cm³/mol. The van der Waals surface area contributed by atoms with Crippen molar-refractivity contribution < 1.29 is 18.0 Å². The monoisotopic (exact) mass is 383 g/mol. The standard InChI is InChI=1S/C21H19F2N3O2/c22-17-7-3-14(4-8-17)12-19-24-25-20(28-19)16-2-1-11-26(13-16)21(27)15-5-9-18(23)10-6-15/h3-10,16H,1-2,11-13H2/t16-/m1/s1. The number of hydrogen-bond acceptors (Lipinski definition) is 4. The molecule has 1 fully saturated rings. The second kappa shape index (κ2) is 7.88. The van der Waals surface area contributed by atoms with Crippen LogP contribution in [0.2, 0.25) is 0 Å². The van der Waals surface area contributed by atoms with Crippen LogP contribution >= 0.6 is 0 Å². The van der Waals surface area contributed by atoms with Crippen LogP contribution in [0.1, 0.15) is 46.5 Å². The van der Waals surface area contributed by atoms with E-state index in [0.29, 0.717) is 36.9 Å². The van der Waals surface area contributed by atoms with E-state index in [1.807, 2.05) is 0 Å². The van der Waals surface area contributed by atoms with Gasteiger partial charge in [0.2, 0.25) is 11.8 Å². The first-order valence-corrected chi connectivity index (χ1v) is 9.20. The van der Waals surface area contributed by atoms with E-state index in [2.05, 4.69) is 10.2 Å². The second-order valence-electron chi connectivity index (χ2n) is 6.93. The zero-order chi connectivity index (χ0) is 19.5. The molecule has 1 aliphatic heterocycles. The van der Waals surface area contributed by atoms with Gasteiger partial charge in [-0.3, -0.25) is 4.79 Å². The van der Waals surface area contributed by atoms with Crippen LogP contribution in [-0.2, 0) is 6.42 Å². The Kier molecular flexibility index (Phi) is 5.14. The van der Waals surface area contributed by atoms with Crippen molar-refractivity contribution >= 4 is 5.91 Å². The van der Waals surface area contributed by atoms with E-state index in [9.17, 15) is 13.6 Å². The SMILES string of the molecule is O=C(c1ccc(F)cc1)N1CCC[C@@H](c2nnc(Cc3ccc(F)cc3)o2)C1. The van der Waals surface area contributed by atoms with Crippen molar-refractivity contribution in [1.29, 1.82) is 0 Å². The first-order chi connectivity index (χ1) is 13.6. The summed E-state index contributed by atoms with van der Waals surface area (Å²) in [5.41, 5.74) is 1.35. The van der Waals surface area contributed by atoms with Crippen LogP contribution in [0.25, 0.3) is 0 Å². The third kappa shape index (κ3) is 4.08. The number of amides is 1. The number of nitrogens with zero attached hydrogens (tertiary/aromatic N) is 3. The molecule has 5 nitrogen and oxygen atoms in total. The van der Waals surface area contributed by atoms with E-state index < -0.39 is 0 Å². The molecule has 144 valence electrons. The second-order valence-corrected chi connectivity index (χ2v) is 6.93. The highest BCUT2D eigenvalue weighted by atomic mass is 19.1. The summed E-state index contributed by atoms with van der Waals surface area (Å²) in [5.74, 6) is 0.149. The van der Waals surface area contributed by atoms with Crippen molar-refractivity contribution in [3.8, 4) is 0 Å². The van der Waals surface area contributed by atoms with E-state index in [1.54, 1.807) is 17.0 Å². The maximum Gasteiger partial charge on any atom is 0.253 e. The molecule has 0 unspecified atom stereocenters. The lowest BCUT2D eigenvalue weighted by molar-refractivity contribution is 0.0698. The Bertz CT molecular complexity index is 955. The van der Waals surface area contributed by atoms with Crippen LogP contribution in [0.15, 0.2) is 52.9 Å². The fourth-order valence-corrected chi connectivity index (χ4v) is 3.42. The zero-order valence-electron chi connectivity index (χ0n) is 15.1. The molecule has 1 saturated heterocycles. The molecule has 1 aliphatic rings. The Morgan fingerprint density at radius 2 is 1.71 bits per heavy atom. The minimum absolute atomic E-state index is 0.0346. The van der Waals surface area contributed by atoms with Crippen molar-refractivity contribution in [3.63, 3.8) is 0 Å². The molecule has 0 aliphatic carbocycles. The molecule has 0 saturated carbocycles. The summed E-state index contributed by atoms with van der Waals surface area (Å²) in [4.78, 5) is 14.4. The highest BCUT2D eigenvalue weighted by Gasteiger charge is 2.29. The van der Waals surface area contributed by atoms with E-state index >= 15 is 0 Å². The average Bonchev–Trinajstić information content (AvgIpc) is 3.18. The summed E-state index contributed by atoms with van der Waals surface area (Å²) in [6.07, 6.45) is 2.11. The largest absolute Gasteiger partial charge is 0.425 e. The maximum absolute atomic E-state index is 13.1. The first kappa shape index (κ1) is 18.3. The van der Waals surface area contributed by atoms with Crippen molar-refractivity contribution in [2.75, 3.05) is 13.1 Å². The lowest BCUT2D eigenvalue weighted by Gasteiger charge is -2.31. The van der Waals surface area contributed by atoms with Crippen LogP contribution < -0.4 is 0 Å². The number of piperidine rings is 1. The topological polar surface area (TPSA) is 59.2 Å². The number of aromatic nitrogens is 2. The van der Waals surface area contributed by atoms with E-state index in [4.69, 9.17) is 4.42 Å². The van der Waals surface area contributed by atoms with Gasteiger partial charge >= 0.3 is 0 Å². The van der Waals surface area contributed by atoms with Crippen molar-refractivity contribution in [1.82, 2.24) is 15.1 Å². The van der Waals surface area contributed by atoms with Gasteiger partial charge in [-0.25, -0.2) is 8.78 Å². The van der Waals surface area contributed by atoms with Gasteiger partial charge in [0.1, 0.15) is 11.6 Å². The molecule has 2 heterocycles. The molecule has 1 atom stereocenters. The lowest BCUT2D eigenvalue weighted by Crippen LogP contribution is -2.39. The molecule has 0 spiro atoms. The van der Waals surface area contributed by atoms with E-state index in [-0.39, 0.29) is 23.5 Å². The highest BCUT2D eigenvalue weighted by Crippen LogP contribution is 2.27. The molecule has 2 aromatic carbocycles. The molecule has 7 heteroatoms. The Morgan fingerprint density at radius 1 is 1.04 bits per heavy atom.